The van der Waals surface area contributed by atoms with Gasteiger partial charge in [-0.2, -0.15) is 10.5 Å². The first-order chi connectivity index (χ1) is 23.1. The molecule has 0 aliphatic carbocycles. The summed E-state index contributed by atoms with van der Waals surface area (Å²) >= 11 is 1.50. The maximum absolute atomic E-state index is 11.4. The van der Waals surface area contributed by atoms with E-state index in [1.807, 2.05) is 24.3 Å². The third-order valence-electron chi connectivity index (χ3n) is 7.90. The van der Waals surface area contributed by atoms with Crippen molar-refractivity contribution < 1.29 is 19.4 Å². The number of anilines is 3. The van der Waals surface area contributed by atoms with Crippen LogP contribution in [0.3, 0.4) is 0 Å². The van der Waals surface area contributed by atoms with Crippen LogP contribution in [0.2, 0.25) is 0 Å². The van der Waals surface area contributed by atoms with Crippen molar-refractivity contribution in [3.05, 3.63) is 132 Å². The van der Waals surface area contributed by atoms with Gasteiger partial charge in [-0.3, -0.25) is 0 Å². The number of hydrogen-bond donors (Lipinski definition) is 1. The second-order valence-corrected chi connectivity index (χ2v) is 11.7. The van der Waals surface area contributed by atoms with E-state index >= 15 is 0 Å². The summed E-state index contributed by atoms with van der Waals surface area (Å²) < 4.78 is 12.3. The molecule has 5 aromatic carbocycles. The molecular formula is C39H25N3O4S. The van der Waals surface area contributed by atoms with Crippen LogP contribution in [0.25, 0.3) is 37.7 Å². The fourth-order valence-electron chi connectivity index (χ4n) is 5.72. The summed E-state index contributed by atoms with van der Waals surface area (Å²) in [4.78, 5) is 15.3. The number of para-hydroxylation sites is 1. The van der Waals surface area contributed by atoms with Crippen molar-refractivity contribution >= 4 is 51.2 Å². The molecule has 6 aromatic rings. The second-order valence-electron chi connectivity index (χ2n) is 10.7. The average Bonchev–Trinajstić information content (AvgIpc) is 3.51. The molecule has 7 rings (SSSR count). The van der Waals surface area contributed by atoms with Gasteiger partial charge in [-0.25, -0.2) is 4.79 Å². The van der Waals surface area contributed by atoms with Gasteiger partial charge in [0.25, 0.3) is 0 Å². The molecule has 0 saturated heterocycles. The van der Waals surface area contributed by atoms with Crippen LogP contribution in [0.1, 0.15) is 11.1 Å². The maximum atomic E-state index is 11.4. The molecule has 0 radical (unpaired) electrons. The average molecular weight is 632 g/mol. The van der Waals surface area contributed by atoms with Gasteiger partial charge in [0.2, 0.25) is 0 Å². The normalized spacial score (nSPS) is 12.3. The van der Waals surface area contributed by atoms with Crippen LogP contribution in [0.15, 0.2) is 121 Å². The van der Waals surface area contributed by atoms with Crippen molar-refractivity contribution in [3.63, 3.8) is 0 Å². The highest BCUT2D eigenvalue weighted by molar-refractivity contribution is 7.19. The van der Waals surface area contributed by atoms with E-state index in [1.54, 1.807) is 24.3 Å². The van der Waals surface area contributed by atoms with Gasteiger partial charge in [-0.15, -0.1) is 11.3 Å². The fraction of sp³-hybridized carbons (Fsp3) is 0.0513. The molecule has 7 nitrogen and oxygen atoms in total. The Bertz CT molecular complexity index is 2260. The topological polar surface area (TPSA) is 107 Å². The van der Waals surface area contributed by atoms with Crippen molar-refractivity contribution in [3.8, 4) is 44.5 Å². The number of carboxylic acid groups (broad SMARTS) is 1. The molecule has 226 valence electrons. The third kappa shape index (κ3) is 5.55. The van der Waals surface area contributed by atoms with Gasteiger partial charge in [0.1, 0.15) is 24.9 Å². The number of ether oxygens (including phenoxy) is 2. The highest BCUT2D eigenvalue weighted by Gasteiger charge is 2.27. The summed E-state index contributed by atoms with van der Waals surface area (Å²) in [5, 5.41) is 30.6. The first-order valence-electron chi connectivity index (χ1n) is 14.8. The standard InChI is InChI=1S/C39H25N3O4S/c40-23-29-22-28(14-13-27(29)21-30(24-41)39(43)44)38-36-35(45-19-20-46-36)37(47-38)26-15-17-32(18-16-26)42(31-9-2-1-3-10-31)34-12-6-8-25-7-4-5-11-33(25)34/h1-18,21-22H,19-20H2,(H,43,44)/b30-21-. The van der Waals surface area contributed by atoms with Crippen LogP contribution in [-0.2, 0) is 4.79 Å². The zero-order chi connectivity index (χ0) is 32.3. The van der Waals surface area contributed by atoms with E-state index < -0.39 is 11.5 Å². The van der Waals surface area contributed by atoms with E-state index in [0.717, 1.165) is 48.7 Å². The van der Waals surface area contributed by atoms with Gasteiger partial charge in [0.15, 0.2) is 11.5 Å². The number of benzene rings is 5. The van der Waals surface area contributed by atoms with Crippen LogP contribution in [0.5, 0.6) is 11.5 Å². The third-order valence-corrected chi connectivity index (χ3v) is 9.15. The highest BCUT2D eigenvalue weighted by Crippen LogP contribution is 2.54. The Morgan fingerprint density at radius 3 is 2.11 bits per heavy atom. The molecule has 0 saturated carbocycles. The van der Waals surface area contributed by atoms with Crippen LogP contribution in [0.4, 0.5) is 17.1 Å². The Morgan fingerprint density at radius 1 is 0.766 bits per heavy atom. The molecular weight excluding hydrogens is 607 g/mol. The Labute approximate surface area is 275 Å². The molecule has 1 aromatic heterocycles. The number of thiophene rings is 1. The van der Waals surface area contributed by atoms with Crippen molar-refractivity contribution in [1.82, 2.24) is 0 Å². The second kappa shape index (κ2) is 12.6. The van der Waals surface area contributed by atoms with Gasteiger partial charge in [0.05, 0.1) is 27.1 Å². The number of hydrogen-bond acceptors (Lipinski definition) is 7. The number of fused-ring (bicyclic) bond motifs is 2. The summed E-state index contributed by atoms with van der Waals surface area (Å²) in [6.07, 6.45) is 1.21. The van der Waals surface area contributed by atoms with Gasteiger partial charge in [-0.05, 0) is 64.6 Å². The fourth-order valence-corrected chi connectivity index (χ4v) is 6.91. The predicted octanol–water partition coefficient (Wildman–Crippen LogP) is 9.34. The lowest BCUT2D eigenvalue weighted by atomic mass is 10.0. The van der Waals surface area contributed by atoms with Crippen molar-refractivity contribution in [2.24, 2.45) is 0 Å². The number of nitrogens with zero attached hydrogens (tertiary/aromatic N) is 3. The van der Waals surface area contributed by atoms with E-state index in [0.29, 0.717) is 30.3 Å². The van der Waals surface area contributed by atoms with Crippen molar-refractivity contribution in [1.29, 1.82) is 10.5 Å². The molecule has 2 heterocycles. The van der Waals surface area contributed by atoms with Crippen molar-refractivity contribution in [2.45, 2.75) is 0 Å². The molecule has 1 aliphatic rings. The molecule has 0 spiro atoms. The molecule has 0 amide bonds. The zero-order valence-corrected chi connectivity index (χ0v) is 25.7. The minimum absolute atomic E-state index is 0.246. The summed E-state index contributed by atoms with van der Waals surface area (Å²) in [5.74, 6) is -0.0893. The number of carboxylic acids is 1. The van der Waals surface area contributed by atoms with E-state index in [2.05, 4.69) is 83.8 Å². The van der Waals surface area contributed by atoms with Crippen molar-refractivity contribution in [2.75, 3.05) is 18.1 Å². The highest BCUT2D eigenvalue weighted by atomic mass is 32.1. The number of nitriles is 2. The first kappa shape index (κ1) is 29.4. The molecule has 8 heteroatoms. The Morgan fingerprint density at radius 2 is 1.40 bits per heavy atom. The van der Waals surface area contributed by atoms with E-state index in [-0.39, 0.29) is 5.56 Å². The molecule has 47 heavy (non-hydrogen) atoms. The van der Waals surface area contributed by atoms with Gasteiger partial charge >= 0.3 is 5.97 Å². The maximum Gasteiger partial charge on any atom is 0.346 e. The summed E-state index contributed by atoms with van der Waals surface area (Å²) in [5.41, 5.74) is 4.95. The molecule has 0 unspecified atom stereocenters. The molecule has 1 aliphatic heterocycles. The summed E-state index contributed by atoms with van der Waals surface area (Å²) in [7, 11) is 0. The number of aliphatic carboxylic acids is 1. The van der Waals surface area contributed by atoms with Crippen LogP contribution < -0.4 is 14.4 Å². The Hall–Kier alpha value is -6.35. The van der Waals surface area contributed by atoms with E-state index in [1.165, 1.54) is 17.4 Å². The lowest BCUT2D eigenvalue weighted by Gasteiger charge is -2.27. The molecule has 0 fully saturated rings. The zero-order valence-electron chi connectivity index (χ0n) is 24.9. The SMILES string of the molecule is N#C/C(=C/c1ccc(-c2sc(-c3ccc(N(c4ccccc4)c4cccc5ccccc45)cc3)c3c2OCCO3)cc1C#N)C(=O)O. The van der Waals surface area contributed by atoms with Gasteiger partial charge in [-0.1, -0.05) is 78.9 Å². The lowest BCUT2D eigenvalue weighted by Crippen LogP contribution is -2.14. The molecule has 1 N–H and O–H groups in total. The predicted molar refractivity (Wildman–Crippen MR) is 184 cm³/mol. The van der Waals surface area contributed by atoms with Crippen LogP contribution in [0, 0.1) is 22.7 Å². The largest absolute Gasteiger partial charge is 0.485 e. The smallest absolute Gasteiger partial charge is 0.346 e. The monoisotopic (exact) mass is 631 g/mol. The van der Waals surface area contributed by atoms with E-state index in [9.17, 15) is 20.4 Å². The molecule has 0 atom stereocenters. The lowest BCUT2D eigenvalue weighted by molar-refractivity contribution is -0.132. The van der Waals surface area contributed by atoms with Crippen LogP contribution in [-0.4, -0.2) is 24.3 Å². The summed E-state index contributed by atoms with van der Waals surface area (Å²) in [6.45, 7) is 0.804. The van der Waals surface area contributed by atoms with Crippen LogP contribution >= 0.6 is 11.3 Å². The Kier molecular flexibility index (Phi) is 7.85. The Balaban J connectivity index is 1.30. The number of carbonyl (C=O) groups is 1. The first-order valence-corrected chi connectivity index (χ1v) is 15.6. The minimum Gasteiger partial charge on any atom is -0.485 e. The van der Waals surface area contributed by atoms with Gasteiger partial charge < -0.3 is 19.5 Å². The van der Waals surface area contributed by atoms with E-state index in [4.69, 9.17) is 9.47 Å². The molecule has 0 bridgehead atoms. The minimum atomic E-state index is -1.35. The quantitative estimate of drug-likeness (QED) is 0.138. The summed E-state index contributed by atoms with van der Waals surface area (Å²) in [6, 6.07) is 42.2. The van der Waals surface area contributed by atoms with Gasteiger partial charge in [0, 0.05) is 16.8 Å². The number of rotatable bonds is 7.